The molecule has 0 radical (unpaired) electrons. The largest absolute Gasteiger partial charge is 0.550 e. The van der Waals surface area contributed by atoms with Crippen LogP contribution in [0.25, 0.3) is 16.8 Å². The molecule has 0 unspecified atom stereocenters. The number of benzene rings is 3. The van der Waals surface area contributed by atoms with Crippen molar-refractivity contribution in [2.24, 2.45) is 0 Å². The fraction of sp³-hybridized carbons (Fsp3) is 0.0909. The Morgan fingerprint density at radius 2 is 1.77 bits per heavy atom. The molecule has 3 aromatic rings. The van der Waals surface area contributed by atoms with E-state index in [1.54, 1.807) is 18.2 Å². The van der Waals surface area contributed by atoms with Crippen LogP contribution in [-0.2, 0) is 11.2 Å². The number of carbonyl (C=O) groups excluding carboxylic acids is 2. The van der Waals surface area contributed by atoms with Crippen molar-refractivity contribution in [3.05, 3.63) is 83.4 Å². The number of carboxylic acids is 1. The summed E-state index contributed by atoms with van der Waals surface area (Å²) in [6.45, 7) is 0. The molecule has 4 heteroatoms. The Kier molecular flexibility index (Phi) is 5.13. The smallest absolute Gasteiger partial charge is 0.185 e. The van der Waals surface area contributed by atoms with Crippen molar-refractivity contribution >= 4 is 28.6 Å². The van der Waals surface area contributed by atoms with Crippen LogP contribution in [0.5, 0.6) is 5.75 Å². The predicted octanol–water partition coefficient (Wildman–Crippen LogP) is 3.04. The molecule has 0 aliphatic rings. The van der Waals surface area contributed by atoms with Crippen molar-refractivity contribution in [2.75, 3.05) is 7.11 Å². The third kappa shape index (κ3) is 3.98. The number of hydrogen-bond donors (Lipinski definition) is 0. The maximum Gasteiger partial charge on any atom is 0.185 e. The van der Waals surface area contributed by atoms with Crippen molar-refractivity contribution in [3.8, 4) is 5.75 Å². The van der Waals surface area contributed by atoms with Crippen LogP contribution in [0, 0.1) is 0 Å². The van der Waals surface area contributed by atoms with Gasteiger partial charge in [0.15, 0.2) is 5.78 Å². The van der Waals surface area contributed by atoms with Gasteiger partial charge in [0.25, 0.3) is 0 Å². The molecule has 0 atom stereocenters. The van der Waals surface area contributed by atoms with Gasteiger partial charge in [0, 0.05) is 23.5 Å². The molecule has 0 aliphatic carbocycles. The number of allylic oxidation sites excluding steroid dienone is 1. The number of aliphatic carboxylic acids is 1. The molecular formula is C22H17O4-. The zero-order valence-electron chi connectivity index (χ0n) is 14.3. The van der Waals surface area contributed by atoms with E-state index in [2.05, 4.69) is 0 Å². The van der Waals surface area contributed by atoms with Crippen LogP contribution in [0.4, 0.5) is 0 Å². The molecule has 0 aliphatic heterocycles. The second-order valence-corrected chi connectivity index (χ2v) is 5.88. The molecule has 0 aromatic heterocycles. The van der Waals surface area contributed by atoms with Crippen LogP contribution in [0.2, 0.25) is 0 Å². The van der Waals surface area contributed by atoms with Crippen molar-refractivity contribution < 1.29 is 19.4 Å². The third-order valence-electron chi connectivity index (χ3n) is 4.10. The monoisotopic (exact) mass is 345 g/mol. The Morgan fingerprint density at radius 1 is 1.00 bits per heavy atom. The van der Waals surface area contributed by atoms with Crippen molar-refractivity contribution in [1.29, 1.82) is 0 Å². The van der Waals surface area contributed by atoms with Crippen molar-refractivity contribution in [3.63, 3.8) is 0 Å². The van der Waals surface area contributed by atoms with Gasteiger partial charge in [-0.25, -0.2) is 0 Å². The molecule has 0 N–H and O–H groups in total. The fourth-order valence-electron chi connectivity index (χ4n) is 2.81. The minimum absolute atomic E-state index is 0.208. The van der Waals surface area contributed by atoms with E-state index in [0.29, 0.717) is 16.9 Å². The van der Waals surface area contributed by atoms with E-state index >= 15 is 0 Å². The number of rotatable bonds is 6. The zero-order chi connectivity index (χ0) is 18.5. The van der Waals surface area contributed by atoms with Crippen LogP contribution < -0.4 is 9.84 Å². The van der Waals surface area contributed by atoms with Gasteiger partial charge in [-0.15, -0.1) is 0 Å². The average Bonchev–Trinajstić information content (AvgIpc) is 2.65. The Bertz CT molecular complexity index is 1000. The Balaban J connectivity index is 1.84. The van der Waals surface area contributed by atoms with E-state index in [9.17, 15) is 14.7 Å². The van der Waals surface area contributed by atoms with E-state index < -0.39 is 5.97 Å². The van der Waals surface area contributed by atoms with Crippen LogP contribution >= 0.6 is 0 Å². The predicted molar refractivity (Wildman–Crippen MR) is 99.0 cm³/mol. The first-order valence-electron chi connectivity index (χ1n) is 8.15. The lowest BCUT2D eigenvalue weighted by Crippen LogP contribution is -2.24. The lowest BCUT2D eigenvalue weighted by molar-refractivity contribution is -0.304. The molecule has 130 valence electrons. The summed E-state index contributed by atoms with van der Waals surface area (Å²) in [7, 11) is 1.45. The number of ketones is 1. The van der Waals surface area contributed by atoms with Gasteiger partial charge < -0.3 is 14.6 Å². The van der Waals surface area contributed by atoms with Gasteiger partial charge in [-0.2, -0.15) is 0 Å². The van der Waals surface area contributed by atoms with Crippen molar-refractivity contribution in [2.45, 2.75) is 6.42 Å². The highest BCUT2D eigenvalue weighted by Crippen LogP contribution is 2.21. The van der Waals surface area contributed by atoms with Gasteiger partial charge in [0.05, 0.1) is 7.11 Å². The van der Waals surface area contributed by atoms with Crippen LogP contribution in [-0.4, -0.2) is 18.9 Å². The Morgan fingerprint density at radius 3 is 2.50 bits per heavy atom. The second kappa shape index (κ2) is 7.66. The van der Waals surface area contributed by atoms with Gasteiger partial charge in [-0.05, 0) is 46.7 Å². The van der Waals surface area contributed by atoms with Gasteiger partial charge in [-0.1, -0.05) is 42.5 Å². The number of fused-ring (bicyclic) bond motifs is 1. The van der Waals surface area contributed by atoms with Gasteiger partial charge in [-0.3, -0.25) is 4.79 Å². The zero-order valence-corrected chi connectivity index (χ0v) is 14.3. The number of carboxylic acid groups (broad SMARTS) is 1. The summed E-state index contributed by atoms with van der Waals surface area (Å²) >= 11 is 0. The topological polar surface area (TPSA) is 66.4 Å². The van der Waals surface area contributed by atoms with Crippen LogP contribution in [0.3, 0.4) is 0 Å². The summed E-state index contributed by atoms with van der Waals surface area (Å²) in [5.41, 5.74) is 1.73. The highest BCUT2D eigenvalue weighted by atomic mass is 16.5. The van der Waals surface area contributed by atoms with Crippen LogP contribution in [0.15, 0.2) is 66.7 Å². The van der Waals surface area contributed by atoms with E-state index in [-0.39, 0.29) is 12.2 Å². The van der Waals surface area contributed by atoms with E-state index in [1.165, 1.54) is 19.3 Å². The molecule has 0 saturated carbocycles. The minimum Gasteiger partial charge on any atom is -0.550 e. The number of ether oxygens (including phenoxy) is 1. The van der Waals surface area contributed by atoms with Gasteiger partial charge in [0.1, 0.15) is 5.75 Å². The highest BCUT2D eigenvalue weighted by molar-refractivity contribution is 6.07. The van der Waals surface area contributed by atoms with Crippen LogP contribution in [0.1, 0.15) is 21.5 Å². The quantitative estimate of drug-likeness (QED) is 0.509. The first kappa shape index (κ1) is 17.4. The molecule has 0 fully saturated rings. The summed E-state index contributed by atoms with van der Waals surface area (Å²) in [5.74, 6) is -1.01. The third-order valence-corrected chi connectivity index (χ3v) is 4.10. The molecule has 26 heavy (non-hydrogen) atoms. The first-order valence-corrected chi connectivity index (χ1v) is 8.15. The molecule has 4 nitrogen and oxygen atoms in total. The molecule has 0 saturated heterocycles. The normalized spacial score (nSPS) is 11.0. The highest BCUT2D eigenvalue weighted by Gasteiger charge is 2.09. The van der Waals surface area contributed by atoms with E-state index in [0.717, 1.165) is 16.3 Å². The fourth-order valence-corrected chi connectivity index (χ4v) is 2.81. The lowest BCUT2D eigenvalue weighted by atomic mass is 10.0. The number of hydrogen-bond acceptors (Lipinski definition) is 4. The maximum atomic E-state index is 12.4. The molecule has 0 heterocycles. The molecule has 0 bridgehead atoms. The molecule has 3 aromatic carbocycles. The summed E-state index contributed by atoms with van der Waals surface area (Å²) in [5, 5.41) is 13.1. The summed E-state index contributed by atoms with van der Waals surface area (Å²) in [4.78, 5) is 23.3. The summed E-state index contributed by atoms with van der Waals surface area (Å²) < 4.78 is 5.13. The standard InChI is InChI=1S/C22H18O4/c1-26-21-11-9-18(13-19(21)14-22(24)25)20(23)10-7-15-6-8-16-4-2-3-5-17(16)12-15/h2-13H,14H2,1H3,(H,24,25)/p-1/b10-7+. The van der Waals surface area contributed by atoms with Crippen molar-refractivity contribution in [1.82, 2.24) is 0 Å². The molecular weight excluding hydrogens is 328 g/mol. The summed E-state index contributed by atoms with van der Waals surface area (Å²) in [6, 6.07) is 18.7. The Hall–Kier alpha value is -3.40. The van der Waals surface area contributed by atoms with Gasteiger partial charge >= 0.3 is 0 Å². The molecule has 3 rings (SSSR count). The van der Waals surface area contributed by atoms with E-state index in [1.807, 2.05) is 42.5 Å². The van der Waals surface area contributed by atoms with E-state index in [4.69, 9.17) is 4.74 Å². The number of methoxy groups -OCH3 is 1. The minimum atomic E-state index is -1.22. The van der Waals surface area contributed by atoms with Gasteiger partial charge in [0.2, 0.25) is 0 Å². The lowest BCUT2D eigenvalue weighted by Gasteiger charge is -2.10. The summed E-state index contributed by atoms with van der Waals surface area (Å²) in [6.07, 6.45) is 2.92. The maximum absolute atomic E-state index is 12.4. The average molecular weight is 345 g/mol. The second-order valence-electron chi connectivity index (χ2n) is 5.88. The molecule has 0 amide bonds. The number of carbonyl (C=O) groups is 2. The molecule has 0 spiro atoms. The first-order chi connectivity index (χ1) is 12.6. The Labute approximate surface area is 151 Å². The SMILES string of the molecule is COc1ccc(C(=O)/C=C/c2ccc3ccccc3c2)cc1CC(=O)[O-].